The van der Waals surface area contributed by atoms with Crippen molar-refractivity contribution in [3.05, 3.63) is 100 Å². The molecule has 0 saturated carbocycles. The van der Waals surface area contributed by atoms with Gasteiger partial charge >= 0.3 is 5.97 Å². The Bertz CT molecular complexity index is 1140. The van der Waals surface area contributed by atoms with Gasteiger partial charge in [-0.3, -0.25) is 4.79 Å². The third kappa shape index (κ3) is 3.67. The van der Waals surface area contributed by atoms with Crippen LogP contribution in [0, 0.1) is 19.7 Å². The van der Waals surface area contributed by atoms with Crippen LogP contribution in [-0.2, 0) is 0 Å². The van der Waals surface area contributed by atoms with E-state index >= 15 is 0 Å². The molecule has 1 heterocycles. The summed E-state index contributed by atoms with van der Waals surface area (Å²) in [5, 5.41) is 0. The van der Waals surface area contributed by atoms with Gasteiger partial charge in [0.1, 0.15) is 17.3 Å². The fourth-order valence-corrected chi connectivity index (χ4v) is 3.04. The normalized spacial score (nSPS) is 13.9. The highest BCUT2D eigenvalue weighted by Crippen LogP contribution is 2.39. The molecule has 0 aromatic heterocycles. The fourth-order valence-electron chi connectivity index (χ4n) is 3.04. The van der Waals surface area contributed by atoms with Gasteiger partial charge in [-0.15, -0.1) is 0 Å². The van der Waals surface area contributed by atoms with Crippen molar-refractivity contribution in [3.63, 3.8) is 0 Å². The maximum atomic E-state index is 13.1. The Morgan fingerprint density at radius 2 is 1.66 bits per heavy atom. The third-order valence-electron chi connectivity index (χ3n) is 4.69. The Hall–Kier alpha value is -3.73. The Morgan fingerprint density at radius 3 is 2.34 bits per heavy atom. The van der Waals surface area contributed by atoms with Crippen molar-refractivity contribution in [2.45, 2.75) is 13.8 Å². The number of carbonyl (C=O) groups is 2. The first kappa shape index (κ1) is 18.6. The molecule has 0 spiro atoms. The molecule has 0 fully saturated rings. The lowest BCUT2D eigenvalue weighted by atomic mass is 10.1. The van der Waals surface area contributed by atoms with E-state index in [0.29, 0.717) is 33.8 Å². The molecule has 0 atom stereocenters. The lowest BCUT2D eigenvalue weighted by Crippen LogP contribution is -2.09. The van der Waals surface area contributed by atoms with Crippen LogP contribution in [0.3, 0.4) is 0 Å². The number of Topliss-reactive ketones (excluding diaryl/α,β-unsaturated/α-hetero) is 1. The van der Waals surface area contributed by atoms with Gasteiger partial charge in [0, 0.05) is 5.56 Å². The monoisotopic (exact) mass is 388 g/mol. The van der Waals surface area contributed by atoms with Gasteiger partial charge in [-0.25, -0.2) is 9.18 Å². The first-order valence-corrected chi connectivity index (χ1v) is 9.04. The second kappa shape index (κ2) is 7.36. The topological polar surface area (TPSA) is 52.6 Å². The number of esters is 1. The fraction of sp³-hybridized carbons (Fsp3) is 0.0833. The summed E-state index contributed by atoms with van der Waals surface area (Å²) in [6.07, 6.45) is 1.55. The molecule has 1 aliphatic rings. The van der Waals surface area contributed by atoms with E-state index in [1.807, 2.05) is 19.1 Å². The van der Waals surface area contributed by atoms with Gasteiger partial charge in [-0.2, -0.15) is 0 Å². The number of hydrogen-bond acceptors (Lipinski definition) is 4. The van der Waals surface area contributed by atoms with Crippen LogP contribution in [0.5, 0.6) is 11.5 Å². The number of allylic oxidation sites excluding steroid dienone is 1. The van der Waals surface area contributed by atoms with Gasteiger partial charge in [0.25, 0.3) is 0 Å². The summed E-state index contributed by atoms with van der Waals surface area (Å²) in [6.45, 7) is 3.66. The molecule has 4 nitrogen and oxygen atoms in total. The first-order chi connectivity index (χ1) is 13.9. The van der Waals surface area contributed by atoms with Crippen molar-refractivity contribution >= 4 is 17.8 Å². The van der Waals surface area contributed by atoms with Crippen LogP contribution in [0.25, 0.3) is 6.08 Å². The molecule has 3 aromatic carbocycles. The largest absolute Gasteiger partial charge is 0.452 e. The summed E-state index contributed by atoms with van der Waals surface area (Å²) in [6, 6.07) is 16.0. The van der Waals surface area contributed by atoms with Crippen LogP contribution in [0.1, 0.15) is 37.4 Å². The Labute approximate surface area is 167 Å². The second-order valence-corrected chi connectivity index (χ2v) is 6.81. The molecule has 3 aromatic rings. The highest BCUT2D eigenvalue weighted by Gasteiger charge is 2.30. The van der Waals surface area contributed by atoms with Crippen LogP contribution < -0.4 is 9.47 Å². The van der Waals surface area contributed by atoms with E-state index < -0.39 is 5.97 Å². The van der Waals surface area contributed by atoms with Crippen molar-refractivity contribution in [2.24, 2.45) is 0 Å². The summed E-state index contributed by atoms with van der Waals surface area (Å²) >= 11 is 0. The molecule has 1 aliphatic heterocycles. The predicted octanol–water partition coefficient (Wildman–Crippen LogP) is 5.28. The minimum Gasteiger partial charge on any atom is -0.452 e. The number of hydrogen-bond donors (Lipinski definition) is 0. The van der Waals surface area contributed by atoms with E-state index in [2.05, 4.69) is 0 Å². The summed E-state index contributed by atoms with van der Waals surface area (Å²) in [5.74, 6) is -0.298. The van der Waals surface area contributed by atoms with Gasteiger partial charge in [0.15, 0.2) is 5.76 Å². The van der Waals surface area contributed by atoms with Gasteiger partial charge in [0.2, 0.25) is 5.78 Å². The highest BCUT2D eigenvalue weighted by atomic mass is 19.1. The van der Waals surface area contributed by atoms with Crippen molar-refractivity contribution in [1.82, 2.24) is 0 Å². The van der Waals surface area contributed by atoms with Crippen molar-refractivity contribution < 1.29 is 23.5 Å². The SMILES string of the molecule is Cc1ccc(C(=O)Oc2ccc3c(c2C)O/C(=C\c2ccc(F)cc2)C3=O)cc1. The lowest BCUT2D eigenvalue weighted by molar-refractivity contribution is 0.0733. The minimum absolute atomic E-state index is 0.136. The molecule has 144 valence electrons. The average molecular weight is 388 g/mol. The molecule has 0 N–H and O–H groups in total. The smallest absolute Gasteiger partial charge is 0.343 e. The molecule has 29 heavy (non-hydrogen) atoms. The van der Waals surface area contributed by atoms with E-state index in [1.54, 1.807) is 49.4 Å². The van der Waals surface area contributed by atoms with Crippen molar-refractivity contribution in [2.75, 3.05) is 0 Å². The standard InChI is InChI=1S/C24H17FO4/c1-14-3-7-17(8-4-14)24(27)29-20-12-11-19-22(26)21(28-23(19)15(20)2)13-16-5-9-18(25)10-6-16/h3-13H,1-2H3/b21-13-. The molecule has 5 heteroatoms. The molecule has 0 unspecified atom stereocenters. The Morgan fingerprint density at radius 1 is 0.966 bits per heavy atom. The summed E-state index contributed by atoms with van der Waals surface area (Å²) in [5.41, 5.74) is 3.07. The number of rotatable bonds is 3. The van der Waals surface area contributed by atoms with Crippen LogP contribution in [0.2, 0.25) is 0 Å². The van der Waals surface area contributed by atoms with Crippen LogP contribution in [-0.4, -0.2) is 11.8 Å². The maximum Gasteiger partial charge on any atom is 0.343 e. The minimum atomic E-state index is -0.487. The summed E-state index contributed by atoms with van der Waals surface area (Å²) in [4.78, 5) is 25.0. The van der Waals surface area contributed by atoms with E-state index in [-0.39, 0.29) is 17.4 Å². The number of fused-ring (bicyclic) bond motifs is 1. The molecule has 0 bridgehead atoms. The molecular weight excluding hydrogens is 371 g/mol. The quantitative estimate of drug-likeness (QED) is 0.348. The highest BCUT2D eigenvalue weighted by molar-refractivity contribution is 6.15. The number of ketones is 1. The number of benzene rings is 3. The Balaban J connectivity index is 1.60. The zero-order valence-electron chi connectivity index (χ0n) is 15.9. The average Bonchev–Trinajstić information content (AvgIpc) is 3.03. The summed E-state index contributed by atoms with van der Waals surface area (Å²) < 4.78 is 24.3. The van der Waals surface area contributed by atoms with Gasteiger partial charge in [-0.05, 0) is 61.9 Å². The molecule has 0 aliphatic carbocycles. The third-order valence-corrected chi connectivity index (χ3v) is 4.69. The first-order valence-electron chi connectivity index (χ1n) is 9.04. The Kier molecular flexibility index (Phi) is 4.72. The molecule has 0 amide bonds. The van der Waals surface area contributed by atoms with Crippen LogP contribution in [0.4, 0.5) is 4.39 Å². The number of carbonyl (C=O) groups excluding carboxylic acids is 2. The van der Waals surface area contributed by atoms with E-state index in [0.717, 1.165) is 5.56 Å². The van der Waals surface area contributed by atoms with Gasteiger partial charge < -0.3 is 9.47 Å². The maximum absolute atomic E-state index is 13.1. The van der Waals surface area contributed by atoms with E-state index in [4.69, 9.17) is 9.47 Å². The van der Waals surface area contributed by atoms with Crippen molar-refractivity contribution in [3.8, 4) is 11.5 Å². The molecule has 0 radical (unpaired) electrons. The number of halogens is 1. The lowest BCUT2D eigenvalue weighted by Gasteiger charge is -2.10. The second-order valence-electron chi connectivity index (χ2n) is 6.81. The van der Waals surface area contributed by atoms with Crippen molar-refractivity contribution in [1.29, 1.82) is 0 Å². The van der Waals surface area contributed by atoms with Gasteiger partial charge in [-0.1, -0.05) is 29.8 Å². The van der Waals surface area contributed by atoms with Gasteiger partial charge in [0.05, 0.1) is 11.1 Å². The number of aryl methyl sites for hydroxylation is 1. The molecular formula is C24H17FO4. The number of ether oxygens (including phenoxy) is 2. The zero-order valence-corrected chi connectivity index (χ0v) is 15.9. The predicted molar refractivity (Wildman–Crippen MR) is 107 cm³/mol. The molecule has 0 saturated heterocycles. The zero-order chi connectivity index (χ0) is 20.5. The van der Waals surface area contributed by atoms with Crippen LogP contribution in [0.15, 0.2) is 66.4 Å². The van der Waals surface area contributed by atoms with E-state index in [1.165, 1.54) is 12.1 Å². The van der Waals surface area contributed by atoms with Crippen LogP contribution >= 0.6 is 0 Å². The molecule has 4 rings (SSSR count). The van der Waals surface area contributed by atoms with E-state index in [9.17, 15) is 14.0 Å². The summed E-state index contributed by atoms with van der Waals surface area (Å²) in [7, 11) is 0.